The highest BCUT2D eigenvalue weighted by molar-refractivity contribution is 7.99. The van der Waals surface area contributed by atoms with Crippen molar-refractivity contribution >= 4 is 39.6 Å². The van der Waals surface area contributed by atoms with Crippen molar-refractivity contribution in [2.75, 3.05) is 17.8 Å². The van der Waals surface area contributed by atoms with Crippen LogP contribution in [0.4, 0.5) is 0 Å². The van der Waals surface area contributed by atoms with Gasteiger partial charge in [0, 0.05) is 35.0 Å². The van der Waals surface area contributed by atoms with E-state index in [1.54, 1.807) is 18.6 Å². The van der Waals surface area contributed by atoms with Crippen LogP contribution in [0.15, 0.2) is 23.6 Å². The highest BCUT2D eigenvalue weighted by Gasteiger charge is 2.17. The van der Waals surface area contributed by atoms with E-state index in [0.29, 0.717) is 10.9 Å². The van der Waals surface area contributed by atoms with Gasteiger partial charge in [-0.25, -0.2) is 4.98 Å². The summed E-state index contributed by atoms with van der Waals surface area (Å²) in [5.41, 5.74) is 1.67. The average molecular weight is 327 g/mol. The maximum atomic E-state index is 11.3. The monoisotopic (exact) mass is 327 g/mol. The Kier molecular flexibility index (Phi) is 5.35. The molecule has 1 N–H and O–H groups in total. The first-order valence-corrected chi connectivity index (χ1v) is 9.17. The summed E-state index contributed by atoms with van der Waals surface area (Å²) in [4.78, 5) is 19.3. The third kappa shape index (κ3) is 4.04. The molecule has 0 saturated carbocycles. The van der Waals surface area contributed by atoms with Gasteiger partial charge >= 0.3 is 5.97 Å². The third-order valence-electron chi connectivity index (χ3n) is 3.05. The van der Waals surface area contributed by atoms with E-state index < -0.39 is 16.8 Å². The zero-order valence-corrected chi connectivity index (χ0v) is 13.5. The maximum absolute atomic E-state index is 11.3. The largest absolute Gasteiger partial charge is 0.481 e. The number of fused-ring (bicyclic) bond motifs is 1. The fraction of sp³-hybridized carbons (Fsp3) is 0.462. The maximum Gasteiger partial charge on any atom is 0.313 e. The van der Waals surface area contributed by atoms with Gasteiger partial charge in [0.05, 0.1) is 17.5 Å². The van der Waals surface area contributed by atoms with Crippen LogP contribution in [-0.4, -0.2) is 47.6 Å². The van der Waals surface area contributed by atoms with Crippen molar-refractivity contribution in [3.8, 4) is 0 Å². The molecule has 2 atom stereocenters. The number of thioether (sulfide) groups is 1. The standard InChI is InChI=1S/C13H17N3O3S2/c1-9(4-6-21(2)19)16-11-3-5-14-7-10(11)15-13(16)20-8-12(17)18/h3,5,7,9H,4,6,8H2,1-2H3,(H,17,18). The van der Waals surface area contributed by atoms with E-state index in [2.05, 4.69) is 9.97 Å². The molecule has 0 aliphatic carbocycles. The summed E-state index contributed by atoms with van der Waals surface area (Å²) in [5.74, 6) is -0.308. The number of aliphatic carboxylic acids is 1. The highest BCUT2D eigenvalue weighted by Crippen LogP contribution is 2.28. The Morgan fingerprint density at radius 2 is 2.33 bits per heavy atom. The number of carboxylic acids is 1. The van der Waals surface area contributed by atoms with Gasteiger partial charge in [-0.15, -0.1) is 0 Å². The van der Waals surface area contributed by atoms with E-state index in [4.69, 9.17) is 5.11 Å². The molecule has 2 rings (SSSR count). The minimum Gasteiger partial charge on any atom is -0.481 e. The third-order valence-corrected chi connectivity index (χ3v) is 4.80. The molecule has 21 heavy (non-hydrogen) atoms. The predicted molar refractivity (Wildman–Crippen MR) is 84.1 cm³/mol. The summed E-state index contributed by atoms with van der Waals surface area (Å²) < 4.78 is 13.3. The van der Waals surface area contributed by atoms with Gasteiger partial charge in [0.15, 0.2) is 5.16 Å². The fourth-order valence-electron chi connectivity index (χ4n) is 2.05. The van der Waals surface area contributed by atoms with Gasteiger partial charge < -0.3 is 9.67 Å². The lowest BCUT2D eigenvalue weighted by Gasteiger charge is -2.16. The van der Waals surface area contributed by atoms with Crippen LogP contribution < -0.4 is 0 Å². The quantitative estimate of drug-likeness (QED) is 0.782. The Morgan fingerprint density at radius 3 is 3.00 bits per heavy atom. The fourth-order valence-corrected chi connectivity index (χ4v) is 3.55. The summed E-state index contributed by atoms with van der Waals surface area (Å²) >= 11 is 1.19. The summed E-state index contributed by atoms with van der Waals surface area (Å²) in [5, 5.41) is 9.51. The molecule has 0 aliphatic rings. The van der Waals surface area contributed by atoms with Crippen molar-refractivity contribution < 1.29 is 14.1 Å². The Balaban J connectivity index is 2.34. The van der Waals surface area contributed by atoms with Gasteiger partial charge in [0.2, 0.25) is 0 Å². The second-order valence-corrected chi connectivity index (χ2v) is 7.22. The van der Waals surface area contributed by atoms with Crippen molar-refractivity contribution in [1.29, 1.82) is 0 Å². The molecule has 2 aromatic rings. The number of carbonyl (C=O) groups is 1. The number of hydrogen-bond donors (Lipinski definition) is 1. The lowest BCUT2D eigenvalue weighted by Crippen LogP contribution is -2.11. The molecular formula is C13H17N3O3S2. The van der Waals surface area contributed by atoms with Gasteiger partial charge in [-0.3, -0.25) is 14.0 Å². The van der Waals surface area contributed by atoms with Crippen LogP contribution in [0.3, 0.4) is 0 Å². The SMILES string of the molecule is CC(CCS(C)=O)n1c(SCC(=O)O)nc2cnccc21. The molecule has 0 saturated heterocycles. The molecule has 0 amide bonds. The molecule has 0 aromatic carbocycles. The minimum atomic E-state index is -0.876. The van der Waals surface area contributed by atoms with Crippen molar-refractivity contribution in [2.24, 2.45) is 0 Å². The molecule has 2 aromatic heterocycles. The van der Waals surface area contributed by atoms with Crippen molar-refractivity contribution in [3.05, 3.63) is 18.5 Å². The average Bonchev–Trinajstić information content (AvgIpc) is 2.80. The van der Waals surface area contributed by atoms with Crippen LogP contribution >= 0.6 is 11.8 Å². The molecule has 2 heterocycles. The summed E-state index contributed by atoms with van der Waals surface area (Å²) in [6.07, 6.45) is 5.79. The number of rotatable bonds is 7. The molecule has 0 fully saturated rings. The number of hydrogen-bond acceptors (Lipinski definition) is 5. The normalized spacial score (nSPS) is 14.2. The van der Waals surface area contributed by atoms with Crippen molar-refractivity contribution in [1.82, 2.24) is 14.5 Å². The van der Waals surface area contributed by atoms with Gasteiger partial charge in [-0.2, -0.15) is 0 Å². The van der Waals surface area contributed by atoms with Gasteiger partial charge in [0.25, 0.3) is 0 Å². The Hall–Kier alpha value is -1.41. The minimum absolute atomic E-state index is 0.0385. The van der Waals surface area contributed by atoms with E-state index in [9.17, 15) is 9.00 Å². The zero-order chi connectivity index (χ0) is 15.4. The molecule has 6 nitrogen and oxygen atoms in total. The van der Waals surface area contributed by atoms with E-state index in [0.717, 1.165) is 17.5 Å². The van der Waals surface area contributed by atoms with Crippen LogP contribution in [0.5, 0.6) is 0 Å². The van der Waals surface area contributed by atoms with Crippen molar-refractivity contribution in [2.45, 2.75) is 24.5 Å². The van der Waals surface area contributed by atoms with Crippen LogP contribution in [0.1, 0.15) is 19.4 Å². The number of carboxylic acid groups (broad SMARTS) is 1. The number of pyridine rings is 1. The second-order valence-electron chi connectivity index (χ2n) is 4.73. The smallest absolute Gasteiger partial charge is 0.313 e. The zero-order valence-electron chi connectivity index (χ0n) is 11.9. The summed E-state index contributed by atoms with van der Waals surface area (Å²) in [6.45, 7) is 2.03. The van der Waals surface area contributed by atoms with Crippen molar-refractivity contribution in [3.63, 3.8) is 0 Å². The molecule has 0 aliphatic heterocycles. The number of nitrogens with zero attached hydrogens (tertiary/aromatic N) is 3. The molecular weight excluding hydrogens is 310 g/mol. The molecule has 2 unspecified atom stereocenters. The van der Waals surface area contributed by atoms with Crippen LogP contribution in [0, 0.1) is 0 Å². The first kappa shape index (κ1) is 16.0. The van der Waals surface area contributed by atoms with E-state index in [-0.39, 0.29) is 11.8 Å². The molecule has 114 valence electrons. The number of imidazole rings is 1. The lowest BCUT2D eigenvalue weighted by atomic mass is 10.2. The summed E-state index contributed by atoms with van der Waals surface area (Å²) in [7, 11) is -0.846. The predicted octanol–water partition coefficient (Wildman–Crippen LogP) is 1.94. The Bertz CT molecular complexity index is 672. The first-order chi connectivity index (χ1) is 9.99. The topological polar surface area (TPSA) is 85.1 Å². The van der Waals surface area contributed by atoms with Crippen LogP contribution in [0.25, 0.3) is 11.0 Å². The van der Waals surface area contributed by atoms with E-state index in [1.807, 2.05) is 17.6 Å². The molecule has 0 radical (unpaired) electrons. The highest BCUT2D eigenvalue weighted by atomic mass is 32.2. The lowest BCUT2D eigenvalue weighted by molar-refractivity contribution is -0.133. The van der Waals surface area contributed by atoms with E-state index >= 15 is 0 Å². The van der Waals surface area contributed by atoms with E-state index in [1.165, 1.54) is 11.8 Å². The number of aromatic nitrogens is 3. The molecule has 0 spiro atoms. The van der Waals surface area contributed by atoms with Crippen LogP contribution in [-0.2, 0) is 15.6 Å². The first-order valence-electron chi connectivity index (χ1n) is 6.45. The van der Waals surface area contributed by atoms with Gasteiger partial charge in [-0.05, 0) is 19.4 Å². The Labute approximate surface area is 129 Å². The van der Waals surface area contributed by atoms with Crippen LogP contribution in [0.2, 0.25) is 0 Å². The molecule has 0 bridgehead atoms. The molecule has 8 heteroatoms. The summed E-state index contributed by atoms with van der Waals surface area (Å²) in [6, 6.07) is 1.96. The Morgan fingerprint density at radius 1 is 1.57 bits per heavy atom. The van der Waals surface area contributed by atoms with Gasteiger partial charge in [0.1, 0.15) is 5.52 Å². The second kappa shape index (κ2) is 7.04. The van der Waals surface area contributed by atoms with Gasteiger partial charge in [-0.1, -0.05) is 11.8 Å².